The van der Waals surface area contributed by atoms with Crippen LogP contribution in [0.3, 0.4) is 0 Å². The summed E-state index contributed by atoms with van der Waals surface area (Å²) >= 11 is 0. The van der Waals surface area contributed by atoms with Crippen LogP contribution in [0.1, 0.15) is 24.8 Å². The van der Waals surface area contributed by atoms with E-state index in [0.717, 1.165) is 49.4 Å². The summed E-state index contributed by atoms with van der Waals surface area (Å²) in [7, 11) is 4.08. The number of nitrogens with zero attached hydrogens (tertiary/aromatic N) is 1. The summed E-state index contributed by atoms with van der Waals surface area (Å²) in [4.78, 5) is 14.7. The van der Waals surface area contributed by atoms with Crippen molar-refractivity contribution in [2.75, 3.05) is 40.4 Å². The van der Waals surface area contributed by atoms with Gasteiger partial charge < -0.3 is 19.7 Å². The van der Waals surface area contributed by atoms with Gasteiger partial charge in [0, 0.05) is 6.54 Å². The SMILES string of the molecule is CN(C)CCCNC(=O)C1(c2ccc3c(c2)OCCO3)CC1. The van der Waals surface area contributed by atoms with Gasteiger partial charge in [-0.2, -0.15) is 0 Å². The maximum Gasteiger partial charge on any atom is 0.230 e. The molecule has 1 saturated carbocycles. The number of ether oxygens (including phenoxy) is 2. The second-order valence-corrected chi connectivity index (χ2v) is 6.35. The number of nitrogens with one attached hydrogen (secondary N) is 1. The Bertz CT molecular complexity index is 553. The van der Waals surface area contributed by atoms with Crippen LogP contribution >= 0.6 is 0 Å². The highest BCUT2D eigenvalue weighted by Gasteiger charge is 2.51. The molecule has 0 atom stereocenters. The van der Waals surface area contributed by atoms with Gasteiger partial charge in [0.05, 0.1) is 5.41 Å². The molecule has 1 amide bonds. The molecule has 1 aromatic rings. The lowest BCUT2D eigenvalue weighted by Crippen LogP contribution is -2.36. The number of hydrogen-bond donors (Lipinski definition) is 1. The van der Waals surface area contributed by atoms with Gasteiger partial charge in [-0.1, -0.05) is 6.07 Å². The zero-order chi connectivity index (χ0) is 15.6. The van der Waals surface area contributed by atoms with Crippen molar-refractivity contribution < 1.29 is 14.3 Å². The fourth-order valence-electron chi connectivity index (χ4n) is 2.88. The van der Waals surface area contributed by atoms with E-state index in [4.69, 9.17) is 9.47 Å². The summed E-state index contributed by atoms with van der Waals surface area (Å²) < 4.78 is 11.2. The fourth-order valence-corrected chi connectivity index (χ4v) is 2.88. The van der Waals surface area contributed by atoms with Gasteiger partial charge in [0.25, 0.3) is 0 Å². The average molecular weight is 304 g/mol. The number of benzene rings is 1. The molecule has 1 aliphatic carbocycles. The number of carbonyl (C=O) groups is 1. The molecule has 120 valence electrons. The topological polar surface area (TPSA) is 50.8 Å². The van der Waals surface area contributed by atoms with E-state index in [1.807, 2.05) is 32.3 Å². The van der Waals surface area contributed by atoms with Crippen LogP contribution < -0.4 is 14.8 Å². The zero-order valence-electron chi connectivity index (χ0n) is 13.4. The minimum absolute atomic E-state index is 0.142. The summed E-state index contributed by atoms with van der Waals surface area (Å²) in [6.07, 6.45) is 2.79. The van der Waals surface area contributed by atoms with Gasteiger partial charge >= 0.3 is 0 Å². The molecule has 0 radical (unpaired) electrons. The normalized spacial score (nSPS) is 18.1. The van der Waals surface area contributed by atoms with Crippen molar-refractivity contribution >= 4 is 5.91 Å². The second kappa shape index (κ2) is 6.16. The van der Waals surface area contributed by atoms with E-state index in [-0.39, 0.29) is 11.3 Å². The maximum atomic E-state index is 12.5. The Kier molecular flexibility index (Phi) is 4.25. The first-order chi connectivity index (χ1) is 10.6. The first kappa shape index (κ1) is 15.2. The van der Waals surface area contributed by atoms with Crippen LogP contribution in [-0.2, 0) is 10.2 Å². The Labute approximate surface area is 131 Å². The van der Waals surface area contributed by atoms with Gasteiger partial charge in [-0.15, -0.1) is 0 Å². The number of fused-ring (bicyclic) bond motifs is 1. The van der Waals surface area contributed by atoms with Gasteiger partial charge in [0.2, 0.25) is 5.91 Å². The molecular formula is C17H24N2O3. The lowest BCUT2D eigenvalue weighted by Gasteiger charge is -2.21. The smallest absolute Gasteiger partial charge is 0.230 e. The molecule has 0 unspecified atom stereocenters. The van der Waals surface area contributed by atoms with E-state index in [1.165, 1.54) is 0 Å². The number of hydrogen-bond acceptors (Lipinski definition) is 4. The minimum Gasteiger partial charge on any atom is -0.486 e. The summed E-state index contributed by atoms with van der Waals surface area (Å²) in [5.41, 5.74) is 0.690. The molecule has 5 nitrogen and oxygen atoms in total. The number of rotatable bonds is 6. The molecule has 1 aliphatic heterocycles. The van der Waals surface area contributed by atoms with E-state index in [0.29, 0.717) is 13.2 Å². The lowest BCUT2D eigenvalue weighted by atomic mass is 9.94. The van der Waals surface area contributed by atoms with Gasteiger partial charge in [-0.3, -0.25) is 4.79 Å². The van der Waals surface area contributed by atoms with E-state index in [9.17, 15) is 4.79 Å². The van der Waals surface area contributed by atoms with Gasteiger partial charge in [0.15, 0.2) is 11.5 Å². The standard InChI is InChI=1S/C17H24N2O3/c1-19(2)9-3-8-18-16(20)17(6-7-17)13-4-5-14-15(12-13)22-11-10-21-14/h4-5,12H,3,6-11H2,1-2H3,(H,18,20). The lowest BCUT2D eigenvalue weighted by molar-refractivity contribution is -0.123. The Morgan fingerprint density at radius 2 is 1.95 bits per heavy atom. The highest BCUT2D eigenvalue weighted by atomic mass is 16.6. The van der Waals surface area contributed by atoms with Crippen molar-refractivity contribution in [2.24, 2.45) is 0 Å². The van der Waals surface area contributed by atoms with Crippen molar-refractivity contribution in [3.63, 3.8) is 0 Å². The predicted molar refractivity (Wildman–Crippen MR) is 84.5 cm³/mol. The van der Waals surface area contributed by atoms with E-state index >= 15 is 0 Å². The Morgan fingerprint density at radius 3 is 2.64 bits per heavy atom. The molecule has 0 spiro atoms. The molecule has 0 saturated heterocycles. The van der Waals surface area contributed by atoms with Gasteiger partial charge in [0.1, 0.15) is 13.2 Å². The zero-order valence-corrected chi connectivity index (χ0v) is 13.4. The number of carbonyl (C=O) groups excluding carboxylic acids is 1. The van der Waals surface area contributed by atoms with Gasteiger partial charge in [-0.25, -0.2) is 0 Å². The fraction of sp³-hybridized carbons (Fsp3) is 0.588. The van der Waals surface area contributed by atoms with Crippen molar-refractivity contribution in [1.82, 2.24) is 10.2 Å². The average Bonchev–Trinajstić information content (AvgIpc) is 3.32. The molecule has 22 heavy (non-hydrogen) atoms. The van der Waals surface area contributed by atoms with Crippen molar-refractivity contribution in [3.8, 4) is 11.5 Å². The van der Waals surface area contributed by atoms with Crippen molar-refractivity contribution in [1.29, 1.82) is 0 Å². The first-order valence-electron chi connectivity index (χ1n) is 7.95. The molecule has 3 rings (SSSR count). The number of amides is 1. The van der Waals surface area contributed by atoms with E-state index in [1.54, 1.807) is 0 Å². The van der Waals surface area contributed by atoms with Crippen LogP contribution in [0.4, 0.5) is 0 Å². The molecule has 1 heterocycles. The monoisotopic (exact) mass is 304 g/mol. The van der Waals surface area contributed by atoms with Crippen LogP contribution in [0.15, 0.2) is 18.2 Å². The maximum absolute atomic E-state index is 12.5. The third-order valence-corrected chi connectivity index (χ3v) is 4.35. The van der Waals surface area contributed by atoms with Crippen LogP contribution in [0.5, 0.6) is 11.5 Å². The third-order valence-electron chi connectivity index (χ3n) is 4.35. The van der Waals surface area contributed by atoms with Crippen molar-refractivity contribution in [3.05, 3.63) is 23.8 Å². The highest BCUT2D eigenvalue weighted by molar-refractivity contribution is 5.91. The third kappa shape index (κ3) is 3.04. The predicted octanol–water partition coefficient (Wildman–Crippen LogP) is 1.56. The van der Waals surface area contributed by atoms with Crippen LogP contribution in [-0.4, -0.2) is 51.2 Å². The molecule has 0 bridgehead atoms. The summed E-state index contributed by atoms with van der Waals surface area (Å²) in [5.74, 6) is 1.68. The summed E-state index contributed by atoms with van der Waals surface area (Å²) in [5, 5.41) is 3.08. The second-order valence-electron chi connectivity index (χ2n) is 6.35. The Balaban J connectivity index is 1.64. The molecule has 1 N–H and O–H groups in total. The highest BCUT2D eigenvalue weighted by Crippen LogP contribution is 2.50. The van der Waals surface area contributed by atoms with Crippen LogP contribution in [0, 0.1) is 0 Å². The largest absolute Gasteiger partial charge is 0.486 e. The molecule has 2 aliphatic rings. The van der Waals surface area contributed by atoms with E-state index < -0.39 is 0 Å². The molecule has 1 fully saturated rings. The first-order valence-corrected chi connectivity index (χ1v) is 7.95. The Morgan fingerprint density at radius 1 is 1.23 bits per heavy atom. The quantitative estimate of drug-likeness (QED) is 0.810. The Hall–Kier alpha value is -1.75. The molecular weight excluding hydrogens is 280 g/mol. The summed E-state index contributed by atoms with van der Waals surface area (Å²) in [6.45, 7) is 2.87. The van der Waals surface area contributed by atoms with Crippen LogP contribution in [0.25, 0.3) is 0 Å². The van der Waals surface area contributed by atoms with Gasteiger partial charge in [-0.05, 0) is 57.6 Å². The molecule has 1 aromatic carbocycles. The minimum atomic E-state index is -0.353. The van der Waals surface area contributed by atoms with E-state index in [2.05, 4.69) is 10.2 Å². The van der Waals surface area contributed by atoms with Crippen molar-refractivity contribution in [2.45, 2.75) is 24.7 Å². The molecule has 5 heteroatoms. The van der Waals surface area contributed by atoms with Crippen LogP contribution in [0.2, 0.25) is 0 Å². The molecule has 0 aromatic heterocycles. The summed E-state index contributed by atoms with van der Waals surface area (Å²) in [6, 6.07) is 5.89.